The fourth-order valence-electron chi connectivity index (χ4n) is 4.75. The number of ether oxygens (including phenoxy) is 3. The zero-order valence-electron chi connectivity index (χ0n) is 21.3. The highest BCUT2D eigenvalue weighted by Crippen LogP contribution is 2.34. The second-order valence-electron chi connectivity index (χ2n) is 8.83. The summed E-state index contributed by atoms with van der Waals surface area (Å²) in [6, 6.07) is 25.1. The van der Waals surface area contributed by atoms with Crippen LogP contribution >= 0.6 is 0 Å². The summed E-state index contributed by atoms with van der Waals surface area (Å²) >= 11 is 0. The number of hydrogen-bond donors (Lipinski definition) is 1. The van der Waals surface area contributed by atoms with E-state index in [1.165, 1.54) is 11.1 Å². The van der Waals surface area contributed by atoms with Crippen LogP contribution in [0.25, 0.3) is 0 Å². The fraction of sp³-hybridized carbons (Fsp3) is 0.345. The molecule has 1 saturated heterocycles. The van der Waals surface area contributed by atoms with Crippen LogP contribution in [0.3, 0.4) is 0 Å². The molecule has 0 saturated carbocycles. The van der Waals surface area contributed by atoms with Crippen molar-refractivity contribution in [3.8, 4) is 17.2 Å². The van der Waals surface area contributed by atoms with Crippen molar-refractivity contribution in [2.24, 2.45) is 0 Å². The molecule has 1 N–H and O–H groups in total. The van der Waals surface area contributed by atoms with Crippen LogP contribution in [0.1, 0.15) is 22.7 Å². The lowest BCUT2D eigenvalue weighted by molar-refractivity contribution is -0.122. The molecule has 1 fully saturated rings. The summed E-state index contributed by atoms with van der Waals surface area (Å²) in [5.74, 6) is 1.83. The highest BCUT2D eigenvalue weighted by molar-refractivity contribution is 5.78. The predicted molar refractivity (Wildman–Crippen MR) is 141 cm³/mol. The predicted octanol–water partition coefficient (Wildman–Crippen LogP) is 3.74. The van der Waals surface area contributed by atoms with Gasteiger partial charge in [0, 0.05) is 44.4 Å². The molecule has 1 heterocycles. The van der Waals surface area contributed by atoms with Crippen molar-refractivity contribution in [3.05, 3.63) is 89.5 Å². The zero-order valence-corrected chi connectivity index (χ0v) is 21.3. The Morgan fingerprint density at radius 2 is 1.31 bits per heavy atom. The Labute approximate surface area is 213 Å². The van der Waals surface area contributed by atoms with Gasteiger partial charge in [0.1, 0.15) is 5.75 Å². The van der Waals surface area contributed by atoms with Crippen molar-refractivity contribution in [1.82, 2.24) is 15.1 Å². The first-order chi connectivity index (χ1) is 17.6. The molecule has 0 aromatic heterocycles. The number of carbonyl (C=O) groups is 1. The molecular weight excluding hydrogens is 454 g/mol. The number of nitrogens with zero attached hydrogens (tertiary/aromatic N) is 2. The third-order valence-corrected chi connectivity index (χ3v) is 6.63. The monoisotopic (exact) mass is 489 g/mol. The lowest BCUT2D eigenvalue weighted by atomic mass is 9.96. The normalized spacial score (nSPS) is 14.4. The molecular formula is C29H35N3O4. The van der Waals surface area contributed by atoms with E-state index in [4.69, 9.17) is 14.2 Å². The fourth-order valence-corrected chi connectivity index (χ4v) is 4.75. The zero-order chi connectivity index (χ0) is 25.3. The van der Waals surface area contributed by atoms with Gasteiger partial charge in [-0.1, -0.05) is 60.7 Å². The van der Waals surface area contributed by atoms with Crippen molar-refractivity contribution < 1.29 is 19.0 Å². The second kappa shape index (κ2) is 12.4. The summed E-state index contributed by atoms with van der Waals surface area (Å²) in [6.45, 7) is 4.18. The maximum Gasteiger partial charge on any atom is 0.234 e. The van der Waals surface area contributed by atoms with Gasteiger partial charge in [-0.3, -0.25) is 14.6 Å². The van der Waals surface area contributed by atoms with Gasteiger partial charge >= 0.3 is 0 Å². The van der Waals surface area contributed by atoms with Crippen molar-refractivity contribution >= 4 is 5.91 Å². The van der Waals surface area contributed by atoms with Crippen molar-refractivity contribution in [2.75, 3.05) is 54.1 Å². The summed E-state index contributed by atoms with van der Waals surface area (Å²) in [6.07, 6.45) is 0. The number of rotatable bonds is 10. The number of amides is 1. The van der Waals surface area contributed by atoms with Crippen LogP contribution in [0.2, 0.25) is 0 Å². The second-order valence-corrected chi connectivity index (χ2v) is 8.83. The molecule has 0 atom stereocenters. The van der Waals surface area contributed by atoms with E-state index in [2.05, 4.69) is 75.8 Å². The van der Waals surface area contributed by atoms with E-state index in [-0.39, 0.29) is 11.9 Å². The number of hydrogen-bond acceptors (Lipinski definition) is 6. The highest BCUT2D eigenvalue weighted by atomic mass is 16.5. The number of piperazine rings is 1. The number of nitrogens with one attached hydrogen (secondary N) is 1. The van der Waals surface area contributed by atoms with Gasteiger partial charge in [0.05, 0.1) is 33.9 Å². The van der Waals surface area contributed by atoms with Crippen molar-refractivity contribution in [2.45, 2.75) is 12.6 Å². The van der Waals surface area contributed by atoms with Gasteiger partial charge in [0.2, 0.25) is 5.91 Å². The smallest absolute Gasteiger partial charge is 0.234 e. The third kappa shape index (κ3) is 6.17. The van der Waals surface area contributed by atoms with E-state index in [1.54, 1.807) is 27.4 Å². The van der Waals surface area contributed by atoms with E-state index >= 15 is 0 Å². The first kappa shape index (κ1) is 25.5. The van der Waals surface area contributed by atoms with Crippen LogP contribution in [0.4, 0.5) is 0 Å². The maximum atomic E-state index is 12.8. The Bertz CT molecular complexity index is 1080. The first-order valence-corrected chi connectivity index (χ1v) is 12.2. The molecule has 7 heteroatoms. The number of carbonyl (C=O) groups excluding carboxylic acids is 1. The van der Waals surface area contributed by atoms with Crippen LogP contribution in [-0.4, -0.2) is 69.8 Å². The third-order valence-electron chi connectivity index (χ3n) is 6.63. The highest BCUT2D eigenvalue weighted by Gasteiger charge is 2.27. The van der Waals surface area contributed by atoms with Crippen LogP contribution < -0.4 is 19.5 Å². The average molecular weight is 490 g/mol. The molecule has 0 spiro atoms. The molecule has 0 radical (unpaired) electrons. The lowest BCUT2D eigenvalue weighted by Crippen LogP contribution is -2.50. The Hall–Kier alpha value is -3.55. The Morgan fingerprint density at radius 3 is 1.83 bits per heavy atom. The molecule has 4 rings (SSSR count). The van der Waals surface area contributed by atoms with Crippen LogP contribution in [0, 0.1) is 0 Å². The summed E-state index contributed by atoms with van der Waals surface area (Å²) in [5, 5.41) is 3.02. The topological polar surface area (TPSA) is 63.3 Å². The number of benzene rings is 3. The summed E-state index contributed by atoms with van der Waals surface area (Å²) in [7, 11) is 4.77. The lowest BCUT2D eigenvalue weighted by Gasteiger charge is -2.39. The van der Waals surface area contributed by atoms with Gasteiger partial charge in [-0.05, 0) is 17.2 Å². The summed E-state index contributed by atoms with van der Waals surface area (Å²) in [5.41, 5.74) is 3.42. The average Bonchev–Trinajstić information content (AvgIpc) is 2.93. The van der Waals surface area contributed by atoms with Crippen LogP contribution in [0.15, 0.2) is 72.8 Å². The summed E-state index contributed by atoms with van der Waals surface area (Å²) < 4.78 is 16.2. The van der Waals surface area contributed by atoms with Gasteiger partial charge in [-0.2, -0.15) is 0 Å². The molecule has 1 aliphatic heterocycles. The van der Waals surface area contributed by atoms with E-state index in [9.17, 15) is 4.79 Å². The van der Waals surface area contributed by atoms with Crippen LogP contribution in [0.5, 0.6) is 17.2 Å². The molecule has 0 bridgehead atoms. The van der Waals surface area contributed by atoms with Crippen molar-refractivity contribution in [1.29, 1.82) is 0 Å². The maximum absolute atomic E-state index is 12.8. The molecule has 0 unspecified atom stereocenters. The molecule has 3 aromatic rings. The molecule has 0 aliphatic carbocycles. The number of methoxy groups -OCH3 is 3. The molecule has 1 amide bonds. The molecule has 3 aromatic carbocycles. The molecule has 1 aliphatic rings. The largest absolute Gasteiger partial charge is 0.496 e. The first-order valence-electron chi connectivity index (χ1n) is 12.2. The van der Waals surface area contributed by atoms with E-state index in [1.807, 2.05) is 6.07 Å². The van der Waals surface area contributed by atoms with E-state index in [0.29, 0.717) is 30.3 Å². The van der Waals surface area contributed by atoms with Gasteiger partial charge < -0.3 is 19.5 Å². The van der Waals surface area contributed by atoms with Gasteiger partial charge in [0.15, 0.2) is 11.5 Å². The quantitative estimate of drug-likeness (QED) is 0.468. The Kier molecular flexibility index (Phi) is 8.81. The Morgan fingerprint density at radius 1 is 0.778 bits per heavy atom. The minimum absolute atomic E-state index is 0.0112. The van der Waals surface area contributed by atoms with E-state index < -0.39 is 0 Å². The molecule has 36 heavy (non-hydrogen) atoms. The van der Waals surface area contributed by atoms with E-state index in [0.717, 1.165) is 31.7 Å². The minimum atomic E-state index is -0.0112. The van der Waals surface area contributed by atoms with Gasteiger partial charge in [0.25, 0.3) is 0 Å². The summed E-state index contributed by atoms with van der Waals surface area (Å²) in [4.78, 5) is 17.5. The molecule has 190 valence electrons. The molecule has 7 nitrogen and oxygen atoms in total. The van der Waals surface area contributed by atoms with Crippen LogP contribution in [-0.2, 0) is 11.3 Å². The minimum Gasteiger partial charge on any atom is -0.496 e. The SMILES string of the molecule is COc1cc(OC)c(OC)cc1CNC(=O)CN1CCN(C(c2ccccc2)c2ccccc2)CC1. The van der Waals surface area contributed by atoms with Gasteiger partial charge in [-0.25, -0.2) is 0 Å². The standard InChI is InChI=1S/C29H35N3O4/c1-34-25-19-27(36-3)26(35-2)18-24(25)20-30-28(33)21-31-14-16-32(17-15-31)29(22-10-6-4-7-11-22)23-12-8-5-9-13-23/h4-13,18-19,29H,14-17,20-21H2,1-3H3,(H,30,33). The Balaban J connectivity index is 1.34. The van der Waals surface area contributed by atoms with Gasteiger partial charge in [-0.15, -0.1) is 0 Å². The van der Waals surface area contributed by atoms with Crippen molar-refractivity contribution in [3.63, 3.8) is 0 Å².